The first-order valence-corrected chi connectivity index (χ1v) is 22.1. The number of pyridine rings is 1. The number of furan rings is 1. The molecule has 64 heavy (non-hydrogen) atoms. The molecule has 6 nitrogen and oxygen atoms in total. The van der Waals surface area contributed by atoms with Gasteiger partial charge in [0.05, 0.1) is 11.1 Å². The zero-order valence-corrected chi connectivity index (χ0v) is 42.4. The Balaban J connectivity index is 0.000000346. The number of aromatic nitrogens is 4. The van der Waals surface area contributed by atoms with Gasteiger partial charge in [-0.25, -0.2) is 9.97 Å². The summed E-state index contributed by atoms with van der Waals surface area (Å²) in [6.07, 6.45) is 3.33. The first kappa shape index (κ1) is 44.2. The van der Waals surface area contributed by atoms with Gasteiger partial charge in [0, 0.05) is 58.1 Å². The van der Waals surface area contributed by atoms with Crippen molar-refractivity contribution in [3.05, 3.63) is 131 Å². The predicted octanol–water partition coefficient (Wildman–Crippen LogP) is 15.9. The number of oxazole rings is 1. The molecule has 4 aromatic carbocycles. The van der Waals surface area contributed by atoms with E-state index < -0.39 is 6.85 Å². The van der Waals surface area contributed by atoms with Crippen LogP contribution in [0.4, 0.5) is 4.39 Å². The minimum atomic E-state index is -2.43. The van der Waals surface area contributed by atoms with Crippen LogP contribution >= 0.6 is 0 Å². The quantitative estimate of drug-likeness (QED) is 0.154. The Morgan fingerprint density at radius 3 is 1.92 bits per heavy atom. The van der Waals surface area contributed by atoms with E-state index in [0.717, 1.165) is 28.1 Å². The van der Waals surface area contributed by atoms with Crippen LogP contribution in [0.15, 0.2) is 82.0 Å². The first-order chi connectivity index (χ1) is 30.6. The summed E-state index contributed by atoms with van der Waals surface area (Å²) in [6.45, 7) is 29.9. The summed E-state index contributed by atoms with van der Waals surface area (Å²) in [6, 6.07) is 24.7. The van der Waals surface area contributed by atoms with E-state index in [1.165, 1.54) is 34.4 Å². The van der Waals surface area contributed by atoms with E-state index in [9.17, 15) is 4.39 Å². The van der Waals surface area contributed by atoms with Gasteiger partial charge in [-0.3, -0.25) is 9.37 Å². The Hall–Kier alpha value is -5.04. The molecule has 4 heterocycles. The van der Waals surface area contributed by atoms with Crippen LogP contribution < -0.4 is 0 Å². The number of hydrogen-bond acceptors (Lipinski definition) is 6. The van der Waals surface area contributed by atoms with Crippen LogP contribution in [-0.4, -0.2) is 19.9 Å². The molecular formula is C56H63FIrN4O2-2. The Kier molecular flexibility index (Phi) is 12.5. The second-order valence-corrected chi connectivity index (χ2v) is 20.8. The molecule has 0 bridgehead atoms. The molecule has 337 valence electrons. The molecule has 0 atom stereocenters. The minimum absolute atomic E-state index is 0. The van der Waals surface area contributed by atoms with Crippen molar-refractivity contribution in [2.45, 2.75) is 145 Å². The third-order valence-electron chi connectivity index (χ3n) is 11.6. The average molecular weight is 1040 g/mol. The van der Waals surface area contributed by atoms with Gasteiger partial charge in [-0.1, -0.05) is 146 Å². The summed E-state index contributed by atoms with van der Waals surface area (Å²) in [5.41, 5.74) is 12.4. The van der Waals surface area contributed by atoms with Crippen LogP contribution in [0, 0.1) is 24.8 Å². The molecule has 0 N–H and O–H groups in total. The minimum Gasteiger partial charge on any atom is -0.500 e. The summed E-state index contributed by atoms with van der Waals surface area (Å²) in [5.74, 6) is 1.05. The molecule has 0 amide bonds. The van der Waals surface area contributed by atoms with Crippen LogP contribution in [0.3, 0.4) is 0 Å². The maximum atomic E-state index is 12.8. The smallest absolute Gasteiger partial charge is 0.200 e. The van der Waals surface area contributed by atoms with Crippen molar-refractivity contribution in [3.8, 4) is 33.6 Å². The molecular weight excluding hydrogens is 972 g/mol. The number of benzene rings is 4. The van der Waals surface area contributed by atoms with Gasteiger partial charge >= 0.3 is 0 Å². The summed E-state index contributed by atoms with van der Waals surface area (Å²) >= 11 is 0. The van der Waals surface area contributed by atoms with Gasteiger partial charge < -0.3 is 13.8 Å². The van der Waals surface area contributed by atoms with E-state index in [-0.39, 0.29) is 59.6 Å². The first-order valence-electron chi connectivity index (χ1n) is 23.6. The zero-order valence-electron chi connectivity index (χ0n) is 43.0. The zero-order chi connectivity index (χ0) is 48.4. The van der Waals surface area contributed by atoms with E-state index in [0.29, 0.717) is 56.1 Å². The van der Waals surface area contributed by atoms with Crippen LogP contribution in [0.5, 0.6) is 0 Å². The van der Waals surface area contributed by atoms with Crippen LogP contribution in [0.1, 0.15) is 165 Å². The van der Waals surface area contributed by atoms with Gasteiger partial charge in [0.1, 0.15) is 17.4 Å². The van der Waals surface area contributed by atoms with Crippen molar-refractivity contribution in [1.82, 2.24) is 19.9 Å². The Morgan fingerprint density at radius 1 is 0.672 bits per heavy atom. The molecule has 8 rings (SSSR count). The van der Waals surface area contributed by atoms with Crippen molar-refractivity contribution in [2.24, 2.45) is 0 Å². The number of halogens is 1. The largest absolute Gasteiger partial charge is 0.500 e. The van der Waals surface area contributed by atoms with Gasteiger partial charge in [-0.15, -0.1) is 47.5 Å². The number of aryl methyl sites for hydroxylation is 1. The topological polar surface area (TPSA) is 77.8 Å². The van der Waals surface area contributed by atoms with Crippen LogP contribution in [0.25, 0.3) is 66.7 Å². The maximum Gasteiger partial charge on any atom is 0.200 e. The number of nitrogens with zero attached hydrogens (tertiary/aromatic N) is 4. The van der Waals surface area contributed by atoms with Crippen LogP contribution in [-0.2, 0) is 36.4 Å². The molecule has 0 unspecified atom stereocenters. The number of fused-ring (bicyclic) bond motifs is 4. The standard InChI is InChI=1S/C41H48N3O2.C15H15FN.Ir/c1-21(2)25-16-27(22(3)4)34(28(17-25)23(5)6)35-36-31(45-39(44-36)41(11,12)13)18-29-33-24(7)14-15-26(37(33)46-38(29)35)30-19-32(40(8,9)10)43-20-42-30;1-15(2,3)12-8-9-17-14(10-12)11-4-6-13(16)7-5-11;/h14,16-23H,1-13H3;4,6-10H,1-3H3;/q2*-1;/i7D3;;. The molecule has 8 heteroatoms. The van der Waals surface area contributed by atoms with E-state index in [1.54, 1.807) is 24.7 Å². The van der Waals surface area contributed by atoms with Crippen molar-refractivity contribution in [3.63, 3.8) is 0 Å². The molecule has 0 saturated carbocycles. The van der Waals surface area contributed by atoms with Gasteiger partial charge in [0.25, 0.3) is 0 Å². The van der Waals surface area contributed by atoms with Gasteiger partial charge in [-0.05, 0) is 74.5 Å². The molecule has 0 fully saturated rings. The fraction of sp³-hybridized carbons (Fsp3) is 0.393. The molecule has 0 aliphatic rings. The van der Waals surface area contributed by atoms with Crippen molar-refractivity contribution in [2.75, 3.05) is 0 Å². The number of hydrogen-bond donors (Lipinski definition) is 0. The normalized spacial score (nSPS) is 13.3. The third-order valence-corrected chi connectivity index (χ3v) is 11.6. The van der Waals surface area contributed by atoms with Crippen molar-refractivity contribution in [1.29, 1.82) is 0 Å². The molecule has 0 spiro atoms. The van der Waals surface area contributed by atoms with E-state index >= 15 is 0 Å². The molecule has 4 aromatic heterocycles. The van der Waals surface area contributed by atoms with Gasteiger partial charge in [0.2, 0.25) is 5.89 Å². The van der Waals surface area contributed by atoms with Crippen molar-refractivity contribution >= 4 is 33.0 Å². The number of rotatable bonds is 6. The van der Waals surface area contributed by atoms with E-state index in [4.69, 9.17) is 17.9 Å². The fourth-order valence-corrected chi connectivity index (χ4v) is 7.84. The van der Waals surface area contributed by atoms with Crippen LogP contribution in [0.2, 0.25) is 0 Å². The SMILES string of the molecule is CC(C)(C)c1ccnc(-c2[c-]cc(F)cc2)c1.[2H]C([2H])([2H])c1c[c-]c(-c2cc(C(C)(C)C)ncn2)c2oc3c(-c4c(C(C)C)cc(C(C)C)cc4C(C)C)c4nc(C(C)(C)C)oc4cc3c12.[Ir]. The second-order valence-electron chi connectivity index (χ2n) is 20.8. The monoisotopic (exact) mass is 1040 g/mol. The van der Waals surface area contributed by atoms with E-state index in [2.05, 4.69) is 143 Å². The van der Waals surface area contributed by atoms with Gasteiger partial charge in [0.15, 0.2) is 5.58 Å². The fourth-order valence-electron chi connectivity index (χ4n) is 7.84. The Bertz CT molecular complexity index is 3040. The van der Waals surface area contributed by atoms with Gasteiger partial charge in [-0.2, -0.15) is 0 Å². The molecule has 0 aliphatic carbocycles. The average Bonchev–Trinajstić information content (AvgIpc) is 3.84. The maximum absolute atomic E-state index is 12.8. The second kappa shape index (κ2) is 18.1. The summed E-state index contributed by atoms with van der Waals surface area (Å²) in [4.78, 5) is 18.6. The van der Waals surface area contributed by atoms with E-state index in [1.807, 2.05) is 24.3 Å². The molecule has 0 aliphatic heterocycles. The molecule has 0 saturated heterocycles. The molecule has 8 aromatic rings. The van der Waals surface area contributed by atoms with Crippen molar-refractivity contribution < 1.29 is 37.4 Å². The predicted molar refractivity (Wildman–Crippen MR) is 258 cm³/mol. The Morgan fingerprint density at radius 2 is 1.36 bits per heavy atom. The summed E-state index contributed by atoms with van der Waals surface area (Å²) < 4.78 is 52.1. The third kappa shape index (κ3) is 9.65. The summed E-state index contributed by atoms with van der Waals surface area (Å²) in [7, 11) is 0. The Labute approximate surface area is 397 Å². The molecule has 1 radical (unpaired) electrons. The summed E-state index contributed by atoms with van der Waals surface area (Å²) in [5, 5.41) is 1.17.